The first-order valence-electron chi connectivity index (χ1n) is 7.54. The number of rotatable bonds is 2. The maximum Gasteiger partial charge on any atom is 0.289 e. The van der Waals surface area contributed by atoms with Crippen LogP contribution in [0.3, 0.4) is 0 Å². The van der Waals surface area contributed by atoms with Crippen LogP contribution < -0.4 is 0 Å². The van der Waals surface area contributed by atoms with Crippen LogP contribution in [0.25, 0.3) is 0 Å². The second-order valence-corrected chi connectivity index (χ2v) is 6.18. The molecule has 0 aliphatic carbocycles. The topological polar surface area (TPSA) is 71.5 Å². The molecule has 1 saturated heterocycles. The van der Waals surface area contributed by atoms with Crippen molar-refractivity contribution in [2.24, 2.45) is 0 Å². The predicted octanol–water partition coefficient (Wildman–Crippen LogP) is 1.69. The van der Waals surface area contributed by atoms with Crippen molar-refractivity contribution in [2.75, 3.05) is 13.1 Å². The van der Waals surface area contributed by atoms with Crippen LogP contribution in [0.1, 0.15) is 42.6 Å². The third-order valence-corrected chi connectivity index (χ3v) is 3.71. The van der Waals surface area contributed by atoms with Crippen molar-refractivity contribution < 1.29 is 14.3 Å². The number of amides is 1. The van der Waals surface area contributed by atoms with Crippen LogP contribution in [0, 0.1) is 11.8 Å². The lowest BCUT2D eigenvalue weighted by Gasteiger charge is -2.15. The molecule has 1 atom stereocenters. The van der Waals surface area contributed by atoms with E-state index >= 15 is 0 Å². The van der Waals surface area contributed by atoms with Crippen molar-refractivity contribution in [2.45, 2.75) is 31.9 Å². The summed E-state index contributed by atoms with van der Waals surface area (Å²) in [5.74, 6) is 5.91. The minimum Gasteiger partial charge on any atom is -0.443 e. The summed E-state index contributed by atoms with van der Waals surface area (Å²) in [7, 11) is 0. The molecule has 0 bridgehead atoms. The van der Waals surface area contributed by atoms with Gasteiger partial charge >= 0.3 is 0 Å². The highest BCUT2D eigenvalue weighted by molar-refractivity contribution is 5.91. The van der Waals surface area contributed by atoms with E-state index in [1.807, 2.05) is 10.8 Å². The molecule has 0 unspecified atom stereocenters. The molecule has 1 aliphatic heterocycles. The Balaban J connectivity index is 1.67. The summed E-state index contributed by atoms with van der Waals surface area (Å²) < 4.78 is 7.51. The Labute approximate surface area is 134 Å². The lowest BCUT2D eigenvalue weighted by Crippen LogP contribution is -2.28. The fourth-order valence-electron chi connectivity index (χ4n) is 2.55. The van der Waals surface area contributed by atoms with Crippen LogP contribution in [0.2, 0.25) is 0 Å². The summed E-state index contributed by atoms with van der Waals surface area (Å²) in [5, 5.41) is 9.59. The molecule has 0 aromatic carbocycles. The van der Waals surface area contributed by atoms with Gasteiger partial charge in [-0.3, -0.25) is 4.79 Å². The largest absolute Gasteiger partial charge is 0.443 e. The molecule has 2 aromatic heterocycles. The first-order chi connectivity index (χ1) is 10.9. The zero-order valence-corrected chi connectivity index (χ0v) is 13.2. The van der Waals surface area contributed by atoms with Crippen molar-refractivity contribution in [3.8, 4) is 11.8 Å². The predicted molar refractivity (Wildman–Crippen MR) is 83.7 cm³/mol. The summed E-state index contributed by atoms with van der Waals surface area (Å²) >= 11 is 0. The highest BCUT2D eigenvalue weighted by atomic mass is 16.4. The van der Waals surface area contributed by atoms with Gasteiger partial charge in [-0.05, 0) is 38.3 Å². The Bertz CT molecular complexity index is 744. The number of imidazole rings is 1. The van der Waals surface area contributed by atoms with Gasteiger partial charge in [0.1, 0.15) is 5.60 Å². The minimum absolute atomic E-state index is 0.135. The Morgan fingerprint density at radius 1 is 1.48 bits per heavy atom. The molecule has 23 heavy (non-hydrogen) atoms. The number of carbonyl (C=O) groups excluding carboxylic acids is 1. The maximum atomic E-state index is 12.5. The number of furan rings is 1. The number of hydrogen-bond donors (Lipinski definition) is 1. The van der Waals surface area contributed by atoms with Crippen LogP contribution in [-0.4, -0.2) is 44.2 Å². The van der Waals surface area contributed by atoms with E-state index in [0.29, 0.717) is 18.8 Å². The van der Waals surface area contributed by atoms with Gasteiger partial charge in [0.25, 0.3) is 5.91 Å². The minimum atomic E-state index is -1.09. The second-order valence-electron chi connectivity index (χ2n) is 6.18. The molecule has 6 heteroatoms. The lowest BCUT2D eigenvalue weighted by molar-refractivity contribution is 0.0755. The number of nitrogens with zero attached hydrogens (tertiary/aromatic N) is 3. The van der Waals surface area contributed by atoms with E-state index in [1.165, 1.54) is 0 Å². The molecule has 0 saturated carbocycles. The van der Waals surface area contributed by atoms with Crippen LogP contribution >= 0.6 is 0 Å². The SMILES string of the molecule is CC(C)(O)C#Cc1ccc(C(=O)N2CC[C@@H](n3ccnc3)C2)o1. The molecule has 0 radical (unpaired) electrons. The van der Waals surface area contributed by atoms with Gasteiger partial charge in [-0.15, -0.1) is 0 Å². The van der Waals surface area contributed by atoms with Gasteiger partial charge in [0.05, 0.1) is 12.4 Å². The highest BCUT2D eigenvalue weighted by Crippen LogP contribution is 2.23. The van der Waals surface area contributed by atoms with Gasteiger partial charge in [0.2, 0.25) is 0 Å². The Kier molecular flexibility index (Phi) is 3.97. The molecule has 1 N–H and O–H groups in total. The van der Waals surface area contributed by atoms with Crippen molar-refractivity contribution in [1.82, 2.24) is 14.5 Å². The van der Waals surface area contributed by atoms with E-state index in [-0.39, 0.29) is 17.7 Å². The number of likely N-dealkylation sites (tertiary alicyclic amines) is 1. The van der Waals surface area contributed by atoms with Gasteiger partial charge in [-0.25, -0.2) is 4.98 Å². The molecule has 6 nitrogen and oxygen atoms in total. The van der Waals surface area contributed by atoms with Gasteiger partial charge < -0.3 is 19.0 Å². The van der Waals surface area contributed by atoms with Gasteiger partial charge in [-0.2, -0.15) is 0 Å². The van der Waals surface area contributed by atoms with Crippen LogP contribution in [0.15, 0.2) is 35.3 Å². The van der Waals surface area contributed by atoms with E-state index in [4.69, 9.17) is 4.42 Å². The fraction of sp³-hybridized carbons (Fsp3) is 0.412. The highest BCUT2D eigenvalue weighted by Gasteiger charge is 2.29. The summed E-state index contributed by atoms with van der Waals surface area (Å²) in [6.45, 7) is 4.51. The number of aliphatic hydroxyl groups is 1. The zero-order chi connectivity index (χ0) is 16.4. The van der Waals surface area contributed by atoms with E-state index < -0.39 is 5.60 Å². The average Bonchev–Trinajstić information content (AvgIpc) is 3.22. The van der Waals surface area contributed by atoms with Gasteiger partial charge in [0, 0.05) is 25.5 Å². The Hall–Kier alpha value is -2.52. The molecule has 3 rings (SSSR count). The van der Waals surface area contributed by atoms with Crippen molar-refractivity contribution in [3.05, 3.63) is 42.4 Å². The number of hydrogen-bond acceptors (Lipinski definition) is 4. The smallest absolute Gasteiger partial charge is 0.289 e. The summed E-state index contributed by atoms with van der Waals surface area (Å²) in [6, 6.07) is 3.53. The standard InChI is InChI=1S/C17H19N3O3/c1-17(2,22)7-5-14-3-4-15(23-14)16(21)19-9-6-13(11-19)20-10-8-18-12-20/h3-4,8,10,12-13,22H,6,9,11H2,1-2H3/t13-/m1/s1. The van der Waals surface area contributed by atoms with Gasteiger partial charge in [-0.1, -0.05) is 5.92 Å². The quantitative estimate of drug-likeness (QED) is 0.856. The molecule has 3 heterocycles. The lowest BCUT2D eigenvalue weighted by atomic mass is 10.1. The van der Waals surface area contributed by atoms with Crippen LogP contribution in [-0.2, 0) is 0 Å². The monoisotopic (exact) mass is 313 g/mol. The molecule has 1 fully saturated rings. The first kappa shape index (κ1) is 15.4. The second kappa shape index (κ2) is 5.94. The molecule has 120 valence electrons. The third-order valence-electron chi connectivity index (χ3n) is 3.71. The average molecular weight is 313 g/mol. The van der Waals surface area contributed by atoms with E-state index in [9.17, 15) is 9.90 Å². The third kappa shape index (κ3) is 3.63. The summed E-state index contributed by atoms with van der Waals surface area (Å²) in [4.78, 5) is 18.3. The zero-order valence-electron chi connectivity index (χ0n) is 13.2. The van der Waals surface area contributed by atoms with Crippen molar-refractivity contribution >= 4 is 5.91 Å². The van der Waals surface area contributed by atoms with Crippen LogP contribution in [0.4, 0.5) is 0 Å². The molecule has 1 aliphatic rings. The van der Waals surface area contributed by atoms with Crippen molar-refractivity contribution in [1.29, 1.82) is 0 Å². The fourth-order valence-corrected chi connectivity index (χ4v) is 2.55. The van der Waals surface area contributed by atoms with Gasteiger partial charge in [0.15, 0.2) is 11.5 Å². The van der Waals surface area contributed by atoms with Crippen molar-refractivity contribution in [3.63, 3.8) is 0 Å². The number of carbonyl (C=O) groups is 1. The first-order valence-corrected chi connectivity index (χ1v) is 7.54. The van der Waals surface area contributed by atoms with Crippen LogP contribution in [0.5, 0.6) is 0 Å². The Morgan fingerprint density at radius 3 is 3.00 bits per heavy atom. The molecule has 0 spiro atoms. The van der Waals surface area contributed by atoms with E-state index in [2.05, 4.69) is 16.8 Å². The molecule has 1 amide bonds. The number of aromatic nitrogens is 2. The summed E-state index contributed by atoms with van der Waals surface area (Å²) in [5.41, 5.74) is -1.09. The van der Waals surface area contributed by atoms with E-state index in [1.54, 1.807) is 43.4 Å². The normalized spacial score (nSPS) is 17.9. The molecular weight excluding hydrogens is 294 g/mol. The maximum absolute atomic E-state index is 12.5. The van der Waals surface area contributed by atoms with E-state index in [0.717, 1.165) is 6.42 Å². The Morgan fingerprint density at radius 2 is 2.30 bits per heavy atom. The molecular formula is C17H19N3O3. The summed E-state index contributed by atoms with van der Waals surface area (Å²) in [6.07, 6.45) is 6.32. The molecule has 2 aromatic rings.